The van der Waals surface area contributed by atoms with Gasteiger partial charge in [-0.3, -0.25) is 9.78 Å². The second-order valence-corrected chi connectivity index (χ2v) is 3.38. The first kappa shape index (κ1) is 9.83. The molecule has 15 heavy (non-hydrogen) atoms. The molecule has 0 saturated heterocycles. The summed E-state index contributed by atoms with van der Waals surface area (Å²) < 4.78 is 13.3. The minimum Gasteiger partial charge on any atom is -0.366 e. The van der Waals surface area contributed by atoms with Crippen LogP contribution in [0.2, 0.25) is 0 Å². The fourth-order valence-electron chi connectivity index (χ4n) is 1.66. The zero-order valence-electron chi connectivity index (χ0n) is 8.19. The zero-order chi connectivity index (χ0) is 10.7. The molecule has 0 amide bonds. The molecule has 1 aromatic rings. The number of pyridine rings is 1. The van der Waals surface area contributed by atoms with Crippen LogP contribution in [0.4, 0.5) is 10.1 Å². The molecule has 1 aliphatic rings. The van der Waals surface area contributed by atoms with Crippen LogP contribution in [0.1, 0.15) is 16.8 Å². The molecule has 1 aliphatic heterocycles. The van der Waals surface area contributed by atoms with E-state index in [0.29, 0.717) is 18.5 Å². The van der Waals surface area contributed by atoms with E-state index in [4.69, 9.17) is 0 Å². The molecule has 0 aromatic carbocycles. The molecule has 3 nitrogen and oxygen atoms in total. The first-order valence-corrected chi connectivity index (χ1v) is 4.81. The van der Waals surface area contributed by atoms with Gasteiger partial charge >= 0.3 is 0 Å². The lowest BCUT2D eigenvalue weighted by atomic mass is 10.1. The third kappa shape index (κ3) is 1.88. The van der Waals surface area contributed by atoms with Gasteiger partial charge in [-0.1, -0.05) is 12.2 Å². The smallest absolute Gasteiger partial charge is 0.155 e. The van der Waals surface area contributed by atoms with Crippen molar-refractivity contribution in [3.8, 4) is 0 Å². The lowest BCUT2D eigenvalue weighted by Crippen LogP contribution is -2.28. The quantitative estimate of drug-likeness (QED) is 0.546. The molecule has 0 saturated carbocycles. The highest BCUT2D eigenvalue weighted by molar-refractivity contribution is 5.84. The molecule has 2 rings (SSSR count). The molecule has 0 bridgehead atoms. The normalized spacial score (nSPS) is 15.4. The van der Waals surface area contributed by atoms with Gasteiger partial charge < -0.3 is 4.90 Å². The maximum Gasteiger partial charge on any atom is 0.155 e. The Balaban J connectivity index is 2.38. The summed E-state index contributed by atoms with van der Waals surface area (Å²) in [6, 6.07) is 0. The van der Waals surface area contributed by atoms with E-state index in [0.717, 1.165) is 19.2 Å². The van der Waals surface area contributed by atoms with E-state index in [1.807, 2.05) is 11.0 Å². The first-order chi connectivity index (χ1) is 7.33. The van der Waals surface area contributed by atoms with Gasteiger partial charge in [0.15, 0.2) is 12.1 Å². The number of aromatic nitrogens is 1. The molecule has 4 heteroatoms. The van der Waals surface area contributed by atoms with Gasteiger partial charge in [0.2, 0.25) is 0 Å². The van der Waals surface area contributed by atoms with Gasteiger partial charge in [0.25, 0.3) is 0 Å². The number of nitrogens with zero attached hydrogens (tertiary/aromatic N) is 2. The summed E-state index contributed by atoms with van der Waals surface area (Å²) in [6.07, 6.45) is 8.13. The van der Waals surface area contributed by atoms with Crippen molar-refractivity contribution in [2.24, 2.45) is 0 Å². The predicted molar refractivity (Wildman–Crippen MR) is 55.6 cm³/mol. The van der Waals surface area contributed by atoms with E-state index >= 15 is 0 Å². The lowest BCUT2D eigenvalue weighted by Gasteiger charge is -2.26. The second kappa shape index (κ2) is 4.21. The molecule has 0 N–H and O–H groups in total. The second-order valence-electron chi connectivity index (χ2n) is 3.38. The summed E-state index contributed by atoms with van der Waals surface area (Å²) in [4.78, 5) is 16.5. The Labute approximate surface area is 87.2 Å². The van der Waals surface area contributed by atoms with Crippen molar-refractivity contribution >= 4 is 12.0 Å². The molecule has 1 aromatic heterocycles. The lowest BCUT2D eigenvalue weighted by molar-refractivity contribution is 0.112. The van der Waals surface area contributed by atoms with E-state index in [1.165, 1.54) is 6.20 Å². The van der Waals surface area contributed by atoms with E-state index in [2.05, 4.69) is 11.1 Å². The van der Waals surface area contributed by atoms with Gasteiger partial charge in [0.1, 0.15) is 0 Å². The highest BCUT2D eigenvalue weighted by atomic mass is 19.1. The Morgan fingerprint density at radius 3 is 2.93 bits per heavy atom. The Hall–Kier alpha value is -1.71. The van der Waals surface area contributed by atoms with Crippen LogP contribution in [0.25, 0.3) is 0 Å². The first-order valence-electron chi connectivity index (χ1n) is 4.81. The Morgan fingerprint density at radius 1 is 1.40 bits per heavy atom. The van der Waals surface area contributed by atoms with Gasteiger partial charge in [-0.15, -0.1) is 0 Å². The highest BCUT2D eigenvalue weighted by Crippen LogP contribution is 2.21. The van der Waals surface area contributed by atoms with Crippen molar-refractivity contribution in [1.82, 2.24) is 4.98 Å². The minimum atomic E-state index is -0.558. The van der Waals surface area contributed by atoms with Crippen molar-refractivity contribution in [2.75, 3.05) is 18.0 Å². The van der Waals surface area contributed by atoms with Crippen LogP contribution < -0.4 is 4.90 Å². The van der Waals surface area contributed by atoms with Crippen molar-refractivity contribution in [3.05, 3.63) is 35.9 Å². The van der Waals surface area contributed by atoms with E-state index in [9.17, 15) is 9.18 Å². The summed E-state index contributed by atoms with van der Waals surface area (Å²) in [6.45, 7) is 1.49. The molecule has 2 heterocycles. The molecule has 0 fully saturated rings. The Kier molecular flexibility index (Phi) is 2.76. The van der Waals surface area contributed by atoms with Gasteiger partial charge in [0, 0.05) is 13.1 Å². The van der Waals surface area contributed by atoms with Crippen LogP contribution in [0.3, 0.4) is 0 Å². The average Bonchev–Trinajstić information content (AvgIpc) is 2.30. The fraction of sp³-hybridized carbons (Fsp3) is 0.273. The standard InChI is InChI=1S/C11H11FN2O/c12-10-6-13-7-11(9(10)8-15)14-4-2-1-3-5-14/h1-2,6-8H,3-5H2. The summed E-state index contributed by atoms with van der Waals surface area (Å²) in [5.74, 6) is -0.558. The predicted octanol–water partition coefficient (Wildman–Crippen LogP) is 1.80. The maximum absolute atomic E-state index is 13.3. The topological polar surface area (TPSA) is 33.2 Å². The molecule has 0 radical (unpaired) electrons. The van der Waals surface area contributed by atoms with Crippen LogP contribution in [-0.4, -0.2) is 24.4 Å². The number of anilines is 1. The number of rotatable bonds is 2. The van der Waals surface area contributed by atoms with Crippen LogP contribution in [0.15, 0.2) is 24.5 Å². The molecular weight excluding hydrogens is 195 g/mol. The van der Waals surface area contributed by atoms with E-state index in [1.54, 1.807) is 0 Å². The van der Waals surface area contributed by atoms with Crippen LogP contribution >= 0.6 is 0 Å². The third-order valence-corrected chi connectivity index (χ3v) is 2.43. The third-order valence-electron chi connectivity index (χ3n) is 2.43. The van der Waals surface area contributed by atoms with Crippen molar-refractivity contribution in [3.63, 3.8) is 0 Å². The van der Waals surface area contributed by atoms with Gasteiger partial charge in [-0.25, -0.2) is 4.39 Å². The maximum atomic E-state index is 13.3. The monoisotopic (exact) mass is 206 g/mol. The fourth-order valence-corrected chi connectivity index (χ4v) is 1.66. The van der Waals surface area contributed by atoms with Gasteiger partial charge in [0.05, 0.1) is 23.6 Å². The number of hydrogen-bond acceptors (Lipinski definition) is 3. The minimum absolute atomic E-state index is 0.0975. The van der Waals surface area contributed by atoms with Crippen molar-refractivity contribution < 1.29 is 9.18 Å². The largest absolute Gasteiger partial charge is 0.366 e. The number of carbonyl (C=O) groups excluding carboxylic acids is 1. The SMILES string of the molecule is O=Cc1c(F)cncc1N1CC=CCC1. The van der Waals surface area contributed by atoms with Gasteiger partial charge in [-0.2, -0.15) is 0 Å². The molecule has 0 atom stereocenters. The van der Waals surface area contributed by atoms with Gasteiger partial charge in [-0.05, 0) is 6.42 Å². The summed E-state index contributed by atoms with van der Waals surface area (Å²) >= 11 is 0. The number of aldehydes is 1. The van der Waals surface area contributed by atoms with E-state index in [-0.39, 0.29) is 5.56 Å². The number of hydrogen-bond donors (Lipinski definition) is 0. The van der Waals surface area contributed by atoms with Crippen LogP contribution in [-0.2, 0) is 0 Å². The number of carbonyl (C=O) groups is 1. The Bertz CT molecular complexity index is 404. The van der Waals surface area contributed by atoms with Crippen molar-refractivity contribution in [2.45, 2.75) is 6.42 Å². The highest BCUT2D eigenvalue weighted by Gasteiger charge is 2.15. The van der Waals surface area contributed by atoms with E-state index < -0.39 is 5.82 Å². The van der Waals surface area contributed by atoms with Crippen LogP contribution in [0, 0.1) is 5.82 Å². The summed E-state index contributed by atoms with van der Waals surface area (Å²) in [5, 5.41) is 0. The molecule has 0 spiro atoms. The van der Waals surface area contributed by atoms with Crippen LogP contribution in [0.5, 0.6) is 0 Å². The summed E-state index contributed by atoms with van der Waals surface area (Å²) in [7, 11) is 0. The van der Waals surface area contributed by atoms with Crippen molar-refractivity contribution in [1.29, 1.82) is 0 Å². The molecule has 78 valence electrons. The Morgan fingerprint density at radius 2 is 2.27 bits per heavy atom. The molecule has 0 unspecified atom stereocenters. The number of halogens is 1. The molecular formula is C11H11FN2O. The zero-order valence-corrected chi connectivity index (χ0v) is 8.19. The average molecular weight is 206 g/mol. The summed E-state index contributed by atoms with van der Waals surface area (Å²) in [5.41, 5.74) is 0.676. The molecule has 0 aliphatic carbocycles.